The summed E-state index contributed by atoms with van der Waals surface area (Å²) in [4.78, 5) is 23.3. The maximum atomic E-state index is 11.7. The summed E-state index contributed by atoms with van der Waals surface area (Å²) in [6.45, 7) is 5.62. The quantitative estimate of drug-likeness (QED) is 0.590. The van der Waals surface area contributed by atoms with Crippen molar-refractivity contribution in [3.63, 3.8) is 0 Å². The standard InChI is InChI=1S/C18H23NO4/c1-4-8-16(17(20)22-3)12-11-14(2)19-18(21)23-13-15-9-6-5-7-10-15/h4-7,9-12,14,16H,1,8,13H2,2-3H3,(H,19,21)/b12-11+/t14-,16+/m1/s1. The van der Waals surface area contributed by atoms with Crippen molar-refractivity contribution in [2.75, 3.05) is 7.11 Å². The number of alkyl carbamates (subject to hydrolysis) is 1. The van der Waals surface area contributed by atoms with Crippen LogP contribution in [0.2, 0.25) is 0 Å². The number of allylic oxidation sites excluding steroid dienone is 1. The zero-order valence-corrected chi connectivity index (χ0v) is 13.5. The molecule has 1 rings (SSSR count). The molecule has 2 atom stereocenters. The Bertz CT molecular complexity index is 539. The predicted molar refractivity (Wildman–Crippen MR) is 88.7 cm³/mol. The summed E-state index contributed by atoms with van der Waals surface area (Å²) in [6.07, 6.45) is 5.06. The first-order valence-corrected chi connectivity index (χ1v) is 7.41. The molecule has 1 N–H and O–H groups in total. The van der Waals surface area contributed by atoms with Crippen molar-refractivity contribution in [1.29, 1.82) is 0 Å². The Balaban J connectivity index is 2.43. The van der Waals surface area contributed by atoms with Gasteiger partial charge in [0.05, 0.1) is 13.0 Å². The molecule has 0 fully saturated rings. The Morgan fingerprint density at radius 3 is 2.57 bits per heavy atom. The number of ether oxygens (including phenoxy) is 2. The summed E-state index contributed by atoms with van der Waals surface area (Å²) in [5.41, 5.74) is 0.919. The number of esters is 1. The van der Waals surface area contributed by atoms with E-state index in [9.17, 15) is 9.59 Å². The fourth-order valence-corrected chi connectivity index (χ4v) is 1.88. The van der Waals surface area contributed by atoms with Gasteiger partial charge in [-0.1, -0.05) is 48.6 Å². The Labute approximate surface area is 137 Å². The molecular weight excluding hydrogens is 294 g/mol. The molecule has 0 heterocycles. The number of benzene rings is 1. The van der Waals surface area contributed by atoms with E-state index in [-0.39, 0.29) is 18.6 Å². The van der Waals surface area contributed by atoms with Gasteiger partial charge in [-0.25, -0.2) is 4.79 Å². The fraction of sp³-hybridized carbons (Fsp3) is 0.333. The average Bonchev–Trinajstić information content (AvgIpc) is 2.57. The largest absolute Gasteiger partial charge is 0.469 e. The van der Waals surface area contributed by atoms with Crippen molar-refractivity contribution in [2.24, 2.45) is 5.92 Å². The lowest BCUT2D eigenvalue weighted by molar-refractivity contribution is -0.143. The molecule has 1 amide bonds. The lowest BCUT2D eigenvalue weighted by atomic mass is 10.0. The Morgan fingerprint density at radius 1 is 1.26 bits per heavy atom. The molecule has 124 valence electrons. The van der Waals surface area contributed by atoms with Gasteiger partial charge in [0.15, 0.2) is 0 Å². The highest BCUT2D eigenvalue weighted by Gasteiger charge is 2.14. The van der Waals surface area contributed by atoms with Crippen molar-refractivity contribution in [2.45, 2.75) is 26.0 Å². The van der Waals surface area contributed by atoms with E-state index in [2.05, 4.69) is 11.9 Å². The molecule has 0 aliphatic rings. The summed E-state index contributed by atoms with van der Waals surface area (Å²) < 4.78 is 9.85. The second kappa shape index (κ2) is 10.2. The molecule has 0 aliphatic heterocycles. The molecule has 0 bridgehead atoms. The van der Waals surface area contributed by atoms with Crippen LogP contribution < -0.4 is 5.32 Å². The van der Waals surface area contributed by atoms with Crippen molar-refractivity contribution < 1.29 is 19.1 Å². The third kappa shape index (κ3) is 7.31. The normalized spacial score (nSPS) is 13.1. The molecule has 1 aromatic carbocycles. The van der Waals surface area contributed by atoms with E-state index in [1.807, 2.05) is 30.3 Å². The van der Waals surface area contributed by atoms with Gasteiger partial charge in [0.25, 0.3) is 0 Å². The van der Waals surface area contributed by atoms with Crippen molar-refractivity contribution in [3.05, 3.63) is 60.7 Å². The highest BCUT2D eigenvalue weighted by molar-refractivity contribution is 5.74. The van der Waals surface area contributed by atoms with Crippen LogP contribution in [0, 0.1) is 5.92 Å². The maximum absolute atomic E-state index is 11.7. The lowest BCUT2D eigenvalue weighted by Gasteiger charge is -2.12. The second-order valence-electron chi connectivity index (χ2n) is 5.03. The van der Waals surface area contributed by atoms with Crippen LogP contribution in [-0.4, -0.2) is 25.2 Å². The summed E-state index contributed by atoms with van der Waals surface area (Å²) in [5, 5.41) is 2.68. The molecule has 23 heavy (non-hydrogen) atoms. The average molecular weight is 317 g/mol. The number of hydrogen-bond donors (Lipinski definition) is 1. The predicted octanol–water partition coefficient (Wildman–Crippen LogP) is 3.22. The molecule has 0 aliphatic carbocycles. The molecule has 0 saturated carbocycles. The van der Waals surface area contributed by atoms with Crippen molar-refractivity contribution >= 4 is 12.1 Å². The van der Waals surface area contributed by atoms with Gasteiger partial charge in [-0.15, -0.1) is 6.58 Å². The molecule has 5 nitrogen and oxygen atoms in total. The molecule has 0 unspecified atom stereocenters. The summed E-state index contributed by atoms with van der Waals surface area (Å²) in [5.74, 6) is -0.734. The molecular formula is C18H23NO4. The van der Waals surface area contributed by atoms with Crippen LogP contribution in [0.3, 0.4) is 0 Å². The lowest BCUT2D eigenvalue weighted by Crippen LogP contribution is -2.31. The van der Waals surface area contributed by atoms with E-state index in [0.717, 1.165) is 5.56 Å². The summed E-state index contributed by atoms with van der Waals surface area (Å²) in [6, 6.07) is 9.16. The molecule has 0 radical (unpaired) electrons. The van der Waals surface area contributed by atoms with E-state index < -0.39 is 12.0 Å². The van der Waals surface area contributed by atoms with Crippen LogP contribution >= 0.6 is 0 Å². The fourth-order valence-electron chi connectivity index (χ4n) is 1.88. The maximum Gasteiger partial charge on any atom is 0.407 e. The van der Waals surface area contributed by atoms with Gasteiger partial charge >= 0.3 is 12.1 Å². The minimum Gasteiger partial charge on any atom is -0.469 e. The van der Waals surface area contributed by atoms with E-state index in [4.69, 9.17) is 9.47 Å². The monoisotopic (exact) mass is 317 g/mol. The summed E-state index contributed by atoms with van der Waals surface area (Å²) >= 11 is 0. The first-order valence-electron chi connectivity index (χ1n) is 7.41. The number of carbonyl (C=O) groups is 2. The number of carbonyl (C=O) groups excluding carboxylic acids is 2. The third-order valence-corrected chi connectivity index (χ3v) is 3.11. The van der Waals surface area contributed by atoms with Gasteiger partial charge < -0.3 is 14.8 Å². The highest BCUT2D eigenvalue weighted by Crippen LogP contribution is 2.09. The van der Waals surface area contributed by atoms with E-state index in [0.29, 0.717) is 6.42 Å². The van der Waals surface area contributed by atoms with E-state index in [1.165, 1.54) is 7.11 Å². The zero-order chi connectivity index (χ0) is 17.1. The molecule has 0 aromatic heterocycles. The van der Waals surface area contributed by atoms with Gasteiger partial charge in [-0.3, -0.25) is 4.79 Å². The first-order chi connectivity index (χ1) is 11.1. The van der Waals surface area contributed by atoms with Gasteiger partial charge in [0, 0.05) is 6.04 Å². The molecule has 0 saturated heterocycles. The smallest absolute Gasteiger partial charge is 0.407 e. The Morgan fingerprint density at radius 2 is 1.96 bits per heavy atom. The Hall–Kier alpha value is -2.56. The first kappa shape index (κ1) is 18.5. The Kier molecular flexibility index (Phi) is 8.21. The van der Waals surface area contributed by atoms with Crippen LogP contribution in [0.1, 0.15) is 18.9 Å². The third-order valence-electron chi connectivity index (χ3n) is 3.11. The number of nitrogens with one attached hydrogen (secondary N) is 1. The van der Waals surface area contributed by atoms with Crippen LogP contribution in [0.5, 0.6) is 0 Å². The number of methoxy groups -OCH3 is 1. The molecule has 5 heteroatoms. The van der Waals surface area contributed by atoms with Crippen LogP contribution in [0.25, 0.3) is 0 Å². The van der Waals surface area contributed by atoms with Gasteiger partial charge in [-0.2, -0.15) is 0 Å². The van der Waals surface area contributed by atoms with Gasteiger partial charge in [0.2, 0.25) is 0 Å². The van der Waals surface area contributed by atoms with Crippen molar-refractivity contribution in [3.8, 4) is 0 Å². The van der Waals surface area contributed by atoms with E-state index in [1.54, 1.807) is 25.2 Å². The van der Waals surface area contributed by atoms with Gasteiger partial charge in [-0.05, 0) is 18.9 Å². The van der Waals surface area contributed by atoms with Gasteiger partial charge in [0.1, 0.15) is 6.61 Å². The number of rotatable bonds is 8. The second-order valence-corrected chi connectivity index (χ2v) is 5.03. The van der Waals surface area contributed by atoms with E-state index >= 15 is 0 Å². The van der Waals surface area contributed by atoms with Crippen LogP contribution in [-0.2, 0) is 20.9 Å². The number of hydrogen-bond acceptors (Lipinski definition) is 4. The minimum absolute atomic E-state index is 0.213. The van der Waals surface area contributed by atoms with Crippen LogP contribution in [0.15, 0.2) is 55.1 Å². The zero-order valence-electron chi connectivity index (χ0n) is 13.5. The van der Waals surface area contributed by atoms with Crippen LogP contribution in [0.4, 0.5) is 4.79 Å². The minimum atomic E-state index is -0.510. The number of amides is 1. The van der Waals surface area contributed by atoms with Crippen molar-refractivity contribution in [1.82, 2.24) is 5.32 Å². The summed E-state index contributed by atoms with van der Waals surface area (Å²) in [7, 11) is 1.34. The molecule has 0 spiro atoms. The topological polar surface area (TPSA) is 64.6 Å². The highest BCUT2D eigenvalue weighted by atomic mass is 16.5. The molecule has 1 aromatic rings. The SMILES string of the molecule is C=CC[C@@H](/C=C/[C@@H](C)NC(=O)OCc1ccccc1)C(=O)OC.